The Morgan fingerprint density at radius 2 is 1.84 bits per heavy atom. The number of halogens is 1. The van der Waals surface area contributed by atoms with Gasteiger partial charge in [0.1, 0.15) is 0 Å². The number of hydrogen-bond donors (Lipinski definition) is 1. The van der Waals surface area contributed by atoms with E-state index in [4.69, 9.17) is 0 Å². The Labute approximate surface area is 193 Å². The van der Waals surface area contributed by atoms with Crippen LogP contribution in [-0.2, 0) is 16.6 Å². The largest absolute Gasteiger partial charge is 0.465 e. The summed E-state index contributed by atoms with van der Waals surface area (Å²) >= 11 is 3.43. The van der Waals surface area contributed by atoms with Gasteiger partial charge in [0.25, 0.3) is 15.6 Å². The number of rotatable bonds is 4. The van der Waals surface area contributed by atoms with Crippen LogP contribution < -0.4 is 5.56 Å². The molecule has 0 unspecified atom stereocenters. The summed E-state index contributed by atoms with van der Waals surface area (Å²) in [6, 6.07) is 12.8. The molecule has 1 aliphatic rings. The molecule has 2 aromatic carbocycles. The van der Waals surface area contributed by atoms with E-state index in [1.165, 1.54) is 23.2 Å². The molecule has 1 fully saturated rings. The zero-order valence-electron chi connectivity index (χ0n) is 17.3. The van der Waals surface area contributed by atoms with E-state index in [1.807, 2.05) is 13.0 Å². The maximum absolute atomic E-state index is 13.2. The van der Waals surface area contributed by atoms with Gasteiger partial charge < -0.3 is 10.0 Å². The number of carboxylic acid groups (broad SMARTS) is 1. The average Bonchev–Trinajstić information content (AvgIpc) is 2.76. The molecule has 1 aliphatic heterocycles. The van der Waals surface area contributed by atoms with Crippen molar-refractivity contribution in [2.75, 3.05) is 19.6 Å². The summed E-state index contributed by atoms with van der Waals surface area (Å²) in [5.74, 6) is 0. The van der Waals surface area contributed by atoms with Crippen molar-refractivity contribution in [1.82, 2.24) is 13.8 Å². The highest BCUT2D eigenvalue weighted by atomic mass is 79.9. The third kappa shape index (κ3) is 4.17. The van der Waals surface area contributed by atoms with Crippen molar-refractivity contribution < 1.29 is 18.3 Å². The summed E-state index contributed by atoms with van der Waals surface area (Å²) < 4.78 is 28.1. The van der Waals surface area contributed by atoms with Crippen LogP contribution in [0, 0.1) is 0 Å². The molecule has 3 aromatic rings. The first-order chi connectivity index (χ1) is 15.2. The van der Waals surface area contributed by atoms with Gasteiger partial charge in [-0.2, -0.15) is 0 Å². The SMILES string of the molecule is C[C@H]1CN(Cc2cn(S(=O)(=O)c3ccccc3)c(=O)c3ccc(Br)cc23)CCN1C(=O)O. The van der Waals surface area contributed by atoms with Crippen molar-refractivity contribution in [3.63, 3.8) is 0 Å². The molecule has 1 amide bonds. The second-order valence-electron chi connectivity index (χ2n) is 7.82. The van der Waals surface area contributed by atoms with E-state index in [9.17, 15) is 23.1 Å². The molecule has 168 valence electrons. The van der Waals surface area contributed by atoms with E-state index >= 15 is 0 Å². The van der Waals surface area contributed by atoms with Crippen molar-refractivity contribution in [3.8, 4) is 0 Å². The summed E-state index contributed by atoms with van der Waals surface area (Å²) in [7, 11) is -4.08. The fourth-order valence-electron chi connectivity index (χ4n) is 4.07. The van der Waals surface area contributed by atoms with Gasteiger partial charge in [0.2, 0.25) is 0 Å². The molecule has 1 saturated heterocycles. The molecule has 4 rings (SSSR count). The molecular weight excluding hydrogens is 498 g/mol. The highest BCUT2D eigenvalue weighted by molar-refractivity contribution is 9.10. The average molecular weight is 520 g/mol. The smallest absolute Gasteiger partial charge is 0.407 e. The Morgan fingerprint density at radius 1 is 1.12 bits per heavy atom. The zero-order chi connectivity index (χ0) is 23.0. The van der Waals surface area contributed by atoms with Gasteiger partial charge in [0, 0.05) is 48.3 Å². The minimum absolute atomic E-state index is 0.0354. The summed E-state index contributed by atoms with van der Waals surface area (Å²) in [6.45, 7) is 3.61. The normalized spacial score (nSPS) is 17.6. The topological polar surface area (TPSA) is 99.9 Å². The van der Waals surface area contributed by atoms with E-state index in [0.29, 0.717) is 42.5 Å². The standard InChI is InChI=1S/C22H22BrN3O5S/c1-15-12-24(9-10-25(15)22(28)29)13-16-14-26(32(30,31)18-5-3-2-4-6-18)21(27)19-8-7-17(23)11-20(16)19/h2-8,11,14-15H,9-10,12-13H2,1H3,(H,28,29)/t15-/m0/s1. The lowest BCUT2D eigenvalue weighted by molar-refractivity contribution is 0.0712. The Hall–Kier alpha value is -2.69. The maximum atomic E-state index is 13.2. The van der Waals surface area contributed by atoms with E-state index < -0.39 is 21.7 Å². The Morgan fingerprint density at radius 3 is 2.50 bits per heavy atom. The van der Waals surface area contributed by atoms with Crippen molar-refractivity contribution in [3.05, 3.63) is 75.1 Å². The summed E-state index contributed by atoms with van der Waals surface area (Å²) in [5, 5.41) is 10.3. The molecule has 1 N–H and O–H groups in total. The predicted molar refractivity (Wildman–Crippen MR) is 124 cm³/mol. The molecule has 10 heteroatoms. The molecule has 32 heavy (non-hydrogen) atoms. The first kappa shape index (κ1) is 22.5. The summed E-state index contributed by atoms with van der Waals surface area (Å²) in [6.07, 6.45) is 0.447. The van der Waals surface area contributed by atoms with Crippen LogP contribution in [0.15, 0.2) is 68.9 Å². The van der Waals surface area contributed by atoms with Gasteiger partial charge in [-0.15, -0.1) is 0 Å². The summed E-state index contributed by atoms with van der Waals surface area (Å²) in [5.41, 5.74) is 0.0700. The fourth-order valence-corrected chi connectivity index (χ4v) is 5.74. The van der Waals surface area contributed by atoms with Crippen LogP contribution in [-0.4, -0.2) is 59.1 Å². The Kier molecular flexibility index (Phi) is 6.11. The fraction of sp³-hybridized carbons (Fsp3) is 0.273. The number of carbonyl (C=O) groups is 1. The number of piperazine rings is 1. The van der Waals surface area contributed by atoms with Crippen LogP contribution in [0.1, 0.15) is 12.5 Å². The number of aromatic nitrogens is 1. The molecule has 0 radical (unpaired) electrons. The van der Waals surface area contributed by atoms with Crippen molar-refractivity contribution in [2.24, 2.45) is 0 Å². The first-order valence-corrected chi connectivity index (χ1v) is 12.3. The first-order valence-electron chi connectivity index (χ1n) is 10.0. The third-order valence-corrected chi connectivity index (χ3v) is 7.83. The van der Waals surface area contributed by atoms with Gasteiger partial charge in [0.05, 0.1) is 4.90 Å². The lowest BCUT2D eigenvalue weighted by Gasteiger charge is -2.38. The molecule has 1 aromatic heterocycles. The van der Waals surface area contributed by atoms with Gasteiger partial charge in [-0.3, -0.25) is 9.69 Å². The molecule has 0 spiro atoms. The van der Waals surface area contributed by atoms with Gasteiger partial charge >= 0.3 is 6.09 Å². The Bertz CT molecular complexity index is 1340. The van der Waals surface area contributed by atoms with Crippen LogP contribution in [0.5, 0.6) is 0 Å². The predicted octanol–water partition coefficient (Wildman–Crippen LogP) is 3.19. The lowest BCUT2D eigenvalue weighted by atomic mass is 10.1. The quantitative estimate of drug-likeness (QED) is 0.568. The number of nitrogens with zero attached hydrogens (tertiary/aromatic N) is 3. The Balaban J connectivity index is 1.80. The number of benzene rings is 2. The van der Waals surface area contributed by atoms with Crippen LogP contribution in [0.25, 0.3) is 10.8 Å². The van der Waals surface area contributed by atoms with Gasteiger partial charge in [-0.05, 0) is 48.2 Å². The van der Waals surface area contributed by atoms with Crippen molar-refractivity contribution in [2.45, 2.75) is 24.4 Å². The van der Waals surface area contributed by atoms with E-state index in [2.05, 4.69) is 20.8 Å². The molecular formula is C22H22BrN3O5S. The van der Waals surface area contributed by atoms with Crippen LogP contribution >= 0.6 is 15.9 Å². The van der Waals surface area contributed by atoms with Crippen LogP contribution in [0.3, 0.4) is 0 Å². The molecule has 0 aliphatic carbocycles. The second kappa shape index (κ2) is 8.68. The maximum Gasteiger partial charge on any atom is 0.407 e. The molecule has 8 nitrogen and oxygen atoms in total. The number of fused-ring (bicyclic) bond motifs is 1. The third-order valence-electron chi connectivity index (χ3n) is 5.68. The molecule has 0 bridgehead atoms. The number of pyridine rings is 1. The van der Waals surface area contributed by atoms with E-state index in [-0.39, 0.29) is 10.9 Å². The molecule has 2 heterocycles. The van der Waals surface area contributed by atoms with E-state index in [0.717, 1.165) is 8.45 Å². The van der Waals surface area contributed by atoms with Gasteiger partial charge in [-0.25, -0.2) is 17.2 Å². The monoisotopic (exact) mass is 519 g/mol. The van der Waals surface area contributed by atoms with Crippen molar-refractivity contribution >= 4 is 42.8 Å². The summed E-state index contributed by atoms with van der Waals surface area (Å²) in [4.78, 5) is 28.0. The lowest BCUT2D eigenvalue weighted by Crippen LogP contribution is -2.53. The van der Waals surface area contributed by atoms with Gasteiger partial charge in [0.15, 0.2) is 0 Å². The minimum Gasteiger partial charge on any atom is -0.465 e. The molecule has 1 atom stereocenters. The second-order valence-corrected chi connectivity index (χ2v) is 10.6. The number of amides is 1. The number of hydrogen-bond acceptors (Lipinski definition) is 5. The zero-order valence-corrected chi connectivity index (χ0v) is 19.7. The molecule has 0 saturated carbocycles. The van der Waals surface area contributed by atoms with Crippen molar-refractivity contribution in [1.29, 1.82) is 0 Å². The highest BCUT2D eigenvalue weighted by Crippen LogP contribution is 2.25. The van der Waals surface area contributed by atoms with Crippen LogP contribution in [0.2, 0.25) is 0 Å². The van der Waals surface area contributed by atoms with Crippen LogP contribution in [0.4, 0.5) is 4.79 Å². The minimum atomic E-state index is -4.08. The highest BCUT2D eigenvalue weighted by Gasteiger charge is 2.28. The van der Waals surface area contributed by atoms with Gasteiger partial charge in [-0.1, -0.05) is 34.1 Å². The van der Waals surface area contributed by atoms with E-state index in [1.54, 1.807) is 30.3 Å².